The van der Waals surface area contributed by atoms with Gasteiger partial charge in [-0.2, -0.15) is 0 Å². The quantitative estimate of drug-likeness (QED) is 0.817. The minimum absolute atomic E-state index is 0.0316. The van der Waals surface area contributed by atoms with Crippen LogP contribution in [0.5, 0.6) is 0 Å². The zero-order valence-corrected chi connectivity index (χ0v) is 17.1. The molecule has 0 bridgehead atoms. The zero-order chi connectivity index (χ0) is 19.7. The molecule has 0 amide bonds. The Morgan fingerprint density at radius 3 is 2.54 bits per heavy atom. The van der Waals surface area contributed by atoms with E-state index in [2.05, 4.69) is 44.2 Å². The van der Waals surface area contributed by atoms with Crippen molar-refractivity contribution in [1.29, 1.82) is 0 Å². The van der Waals surface area contributed by atoms with E-state index in [4.69, 9.17) is 4.74 Å². The summed E-state index contributed by atoms with van der Waals surface area (Å²) in [5.74, 6) is 0. The number of ether oxygens (including phenoxy) is 1. The molecule has 0 saturated carbocycles. The molecule has 1 fully saturated rings. The van der Waals surface area contributed by atoms with Crippen LogP contribution in [0.4, 0.5) is 0 Å². The molecule has 3 nitrogen and oxygen atoms in total. The molecule has 28 heavy (non-hydrogen) atoms. The first-order valence-electron chi connectivity index (χ1n) is 10.7. The van der Waals surface area contributed by atoms with Gasteiger partial charge >= 0.3 is 0 Å². The Kier molecular flexibility index (Phi) is 5.86. The lowest BCUT2D eigenvalue weighted by molar-refractivity contribution is -0.114. The fourth-order valence-electron chi connectivity index (χ4n) is 5.06. The number of aryl methyl sites for hydroxylation is 1. The van der Waals surface area contributed by atoms with Gasteiger partial charge in [0.25, 0.3) is 0 Å². The molecule has 150 valence electrons. The van der Waals surface area contributed by atoms with Gasteiger partial charge in [0.05, 0.1) is 24.9 Å². The Labute approximate surface area is 168 Å². The van der Waals surface area contributed by atoms with Gasteiger partial charge in [-0.3, -0.25) is 0 Å². The van der Waals surface area contributed by atoms with Crippen molar-refractivity contribution in [2.75, 3.05) is 6.61 Å². The van der Waals surface area contributed by atoms with Crippen LogP contribution in [0, 0.1) is 6.92 Å². The van der Waals surface area contributed by atoms with E-state index < -0.39 is 6.10 Å². The average Bonchev–Trinajstić information content (AvgIpc) is 3.19. The molecule has 1 heterocycles. The third-order valence-electron chi connectivity index (χ3n) is 6.45. The molecule has 2 aliphatic rings. The van der Waals surface area contributed by atoms with Gasteiger partial charge in [-0.15, -0.1) is 0 Å². The average molecular weight is 381 g/mol. The SMILES string of the molecule is CCc1c(C2CC(O)CC(CO)O2)cc(Cc2ccc(C)cc2)c2c1CCC2. The summed E-state index contributed by atoms with van der Waals surface area (Å²) in [5, 5.41) is 19.9. The maximum absolute atomic E-state index is 10.3. The van der Waals surface area contributed by atoms with Crippen LogP contribution in [0.3, 0.4) is 0 Å². The molecular weight excluding hydrogens is 348 g/mol. The van der Waals surface area contributed by atoms with Gasteiger partial charge in [0.15, 0.2) is 0 Å². The Hall–Kier alpha value is -1.68. The standard InChI is InChI=1S/C25H32O3/c1-3-21-23-6-4-5-22(23)18(11-17-9-7-16(2)8-10-17)12-24(21)25-14-19(27)13-20(15-26)28-25/h7-10,12,19-20,25-27H,3-6,11,13-15H2,1-2H3. The Morgan fingerprint density at radius 2 is 1.82 bits per heavy atom. The number of hydrogen-bond donors (Lipinski definition) is 2. The van der Waals surface area contributed by atoms with Gasteiger partial charge in [0.2, 0.25) is 0 Å². The van der Waals surface area contributed by atoms with E-state index in [0.717, 1.165) is 25.7 Å². The molecular formula is C25H32O3. The lowest BCUT2D eigenvalue weighted by Crippen LogP contribution is -2.34. The number of rotatable bonds is 5. The second-order valence-corrected chi connectivity index (χ2v) is 8.48. The molecule has 2 N–H and O–H groups in total. The number of hydrogen-bond acceptors (Lipinski definition) is 3. The first-order valence-corrected chi connectivity index (χ1v) is 10.7. The number of aliphatic hydroxyl groups excluding tert-OH is 2. The van der Waals surface area contributed by atoms with Crippen molar-refractivity contribution in [2.24, 2.45) is 0 Å². The third-order valence-corrected chi connectivity index (χ3v) is 6.45. The van der Waals surface area contributed by atoms with Crippen LogP contribution in [0.15, 0.2) is 30.3 Å². The molecule has 0 radical (unpaired) electrons. The highest BCUT2D eigenvalue weighted by molar-refractivity contribution is 5.51. The summed E-state index contributed by atoms with van der Waals surface area (Å²) >= 11 is 0. The lowest BCUT2D eigenvalue weighted by Gasteiger charge is -2.34. The van der Waals surface area contributed by atoms with Gasteiger partial charge in [-0.1, -0.05) is 42.8 Å². The van der Waals surface area contributed by atoms with Gasteiger partial charge in [0.1, 0.15) is 0 Å². The fraction of sp³-hybridized carbons (Fsp3) is 0.520. The van der Waals surface area contributed by atoms with Crippen LogP contribution in [-0.2, 0) is 30.4 Å². The maximum atomic E-state index is 10.3. The normalized spacial score (nSPS) is 24.4. The highest BCUT2D eigenvalue weighted by Crippen LogP contribution is 2.40. The van der Waals surface area contributed by atoms with Crippen LogP contribution in [0.2, 0.25) is 0 Å². The summed E-state index contributed by atoms with van der Waals surface area (Å²) in [4.78, 5) is 0. The highest BCUT2D eigenvalue weighted by atomic mass is 16.5. The first kappa shape index (κ1) is 19.6. The second-order valence-electron chi connectivity index (χ2n) is 8.48. The van der Waals surface area contributed by atoms with Crippen LogP contribution in [0.25, 0.3) is 0 Å². The van der Waals surface area contributed by atoms with Gasteiger partial charge in [-0.25, -0.2) is 0 Å². The zero-order valence-electron chi connectivity index (χ0n) is 17.1. The molecule has 1 aliphatic carbocycles. The number of benzene rings is 2. The van der Waals surface area contributed by atoms with Crippen molar-refractivity contribution in [2.45, 2.75) is 77.1 Å². The van der Waals surface area contributed by atoms with Crippen molar-refractivity contribution in [3.8, 4) is 0 Å². The van der Waals surface area contributed by atoms with E-state index in [-0.39, 0.29) is 18.8 Å². The molecule has 0 spiro atoms. The predicted octanol–water partition coefficient (Wildman–Crippen LogP) is 4.21. The molecule has 2 aromatic carbocycles. The molecule has 2 aromatic rings. The minimum Gasteiger partial charge on any atom is -0.394 e. The van der Waals surface area contributed by atoms with Crippen molar-refractivity contribution in [3.05, 3.63) is 69.3 Å². The summed E-state index contributed by atoms with van der Waals surface area (Å²) in [7, 11) is 0. The Balaban J connectivity index is 1.74. The summed E-state index contributed by atoms with van der Waals surface area (Å²) in [5.41, 5.74) is 9.75. The van der Waals surface area contributed by atoms with E-state index in [0.29, 0.717) is 12.8 Å². The summed E-state index contributed by atoms with van der Waals surface area (Å²) in [6, 6.07) is 11.2. The predicted molar refractivity (Wildman–Crippen MR) is 112 cm³/mol. The molecule has 1 aliphatic heterocycles. The third kappa shape index (κ3) is 3.89. The highest BCUT2D eigenvalue weighted by Gasteiger charge is 2.32. The van der Waals surface area contributed by atoms with Crippen LogP contribution in [0.1, 0.15) is 71.2 Å². The molecule has 3 heteroatoms. The van der Waals surface area contributed by atoms with E-state index in [9.17, 15) is 10.2 Å². The number of fused-ring (bicyclic) bond motifs is 1. The van der Waals surface area contributed by atoms with Crippen molar-refractivity contribution in [1.82, 2.24) is 0 Å². The molecule has 0 aromatic heterocycles. The Bertz CT molecular complexity index is 825. The van der Waals surface area contributed by atoms with E-state index in [1.807, 2.05) is 0 Å². The Morgan fingerprint density at radius 1 is 1.07 bits per heavy atom. The van der Waals surface area contributed by atoms with Gasteiger partial charge in [0, 0.05) is 12.8 Å². The lowest BCUT2D eigenvalue weighted by atomic mass is 9.85. The summed E-state index contributed by atoms with van der Waals surface area (Å²) < 4.78 is 6.21. The summed E-state index contributed by atoms with van der Waals surface area (Å²) in [6.45, 7) is 4.31. The van der Waals surface area contributed by atoms with Gasteiger partial charge < -0.3 is 14.9 Å². The van der Waals surface area contributed by atoms with Crippen LogP contribution in [-0.4, -0.2) is 29.0 Å². The smallest absolute Gasteiger partial charge is 0.0857 e. The number of aliphatic hydroxyl groups is 2. The van der Waals surface area contributed by atoms with Crippen molar-refractivity contribution >= 4 is 0 Å². The molecule has 4 rings (SSSR count). The monoisotopic (exact) mass is 380 g/mol. The van der Waals surface area contributed by atoms with E-state index in [1.54, 1.807) is 0 Å². The van der Waals surface area contributed by atoms with Crippen LogP contribution < -0.4 is 0 Å². The maximum Gasteiger partial charge on any atom is 0.0857 e. The molecule has 3 atom stereocenters. The first-order chi connectivity index (χ1) is 13.6. The fourth-order valence-corrected chi connectivity index (χ4v) is 5.06. The topological polar surface area (TPSA) is 49.7 Å². The van der Waals surface area contributed by atoms with E-state index >= 15 is 0 Å². The van der Waals surface area contributed by atoms with Crippen molar-refractivity contribution < 1.29 is 14.9 Å². The van der Waals surface area contributed by atoms with Crippen molar-refractivity contribution in [3.63, 3.8) is 0 Å². The summed E-state index contributed by atoms with van der Waals surface area (Å²) in [6.07, 6.45) is 5.80. The molecule has 3 unspecified atom stereocenters. The largest absolute Gasteiger partial charge is 0.394 e. The van der Waals surface area contributed by atoms with E-state index in [1.165, 1.54) is 45.4 Å². The minimum atomic E-state index is -0.408. The second kappa shape index (κ2) is 8.36. The molecule has 1 saturated heterocycles. The van der Waals surface area contributed by atoms with Crippen LogP contribution >= 0.6 is 0 Å². The van der Waals surface area contributed by atoms with Gasteiger partial charge in [-0.05, 0) is 72.4 Å².